The summed E-state index contributed by atoms with van der Waals surface area (Å²) in [5.41, 5.74) is 1.57. The van der Waals surface area contributed by atoms with Gasteiger partial charge in [0.1, 0.15) is 0 Å². The van der Waals surface area contributed by atoms with Crippen LogP contribution in [0.25, 0.3) is 0 Å². The molecule has 30 heavy (non-hydrogen) atoms. The van der Waals surface area contributed by atoms with Crippen molar-refractivity contribution >= 4 is 33.4 Å². The third kappa shape index (κ3) is 7.29. The van der Waals surface area contributed by atoms with Gasteiger partial charge in [-0.05, 0) is 90.4 Å². The van der Waals surface area contributed by atoms with E-state index in [0.717, 1.165) is 37.4 Å². The van der Waals surface area contributed by atoms with E-state index in [1.807, 2.05) is 12.1 Å². The van der Waals surface area contributed by atoms with Crippen LogP contribution in [-0.2, 0) is 11.2 Å². The molecule has 1 aliphatic rings. The molecule has 162 valence electrons. The largest absolute Gasteiger partial charge is 0.444 e. The van der Waals surface area contributed by atoms with Crippen molar-refractivity contribution < 1.29 is 14.0 Å². The number of piperidine rings is 1. The fourth-order valence-corrected chi connectivity index (χ4v) is 4.07. The number of likely N-dealkylation sites (tertiary alicyclic amines) is 1. The highest BCUT2D eigenvalue weighted by Crippen LogP contribution is 2.17. The standard InChI is InChI=1S/C23H30BrN3O3/c1-17-5-4-14-27(16-17)13-3-2-12-25-22(28)15-18-6-8-19(9-7-18)26-23(29)20-10-11-21(24)30-20/h6-11,17H,2-5,12-16H2,1H3,(H,25,28)(H,26,29). The van der Waals surface area contributed by atoms with Gasteiger partial charge in [0.25, 0.3) is 5.91 Å². The molecule has 2 amide bonds. The van der Waals surface area contributed by atoms with Gasteiger partial charge in [0.15, 0.2) is 10.4 Å². The lowest BCUT2D eigenvalue weighted by Crippen LogP contribution is -2.35. The highest BCUT2D eigenvalue weighted by atomic mass is 79.9. The second-order valence-electron chi connectivity index (χ2n) is 8.04. The Labute approximate surface area is 186 Å². The molecular weight excluding hydrogens is 446 g/mol. The molecule has 7 heteroatoms. The average Bonchev–Trinajstić information content (AvgIpc) is 3.16. The molecule has 1 aliphatic heterocycles. The Morgan fingerprint density at radius 3 is 2.67 bits per heavy atom. The average molecular weight is 476 g/mol. The predicted octanol–water partition coefficient (Wildman–Crippen LogP) is 4.47. The molecule has 2 N–H and O–H groups in total. The number of furan rings is 1. The normalized spacial score (nSPS) is 16.9. The molecule has 1 atom stereocenters. The molecule has 1 fully saturated rings. The van der Waals surface area contributed by atoms with Gasteiger partial charge in [-0.3, -0.25) is 9.59 Å². The molecule has 0 bridgehead atoms. The molecule has 1 saturated heterocycles. The lowest BCUT2D eigenvalue weighted by atomic mass is 10.0. The smallest absolute Gasteiger partial charge is 0.291 e. The van der Waals surface area contributed by atoms with Crippen LogP contribution >= 0.6 is 15.9 Å². The first-order valence-corrected chi connectivity index (χ1v) is 11.4. The molecule has 6 nitrogen and oxygen atoms in total. The summed E-state index contributed by atoms with van der Waals surface area (Å²) >= 11 is 3.18. The monoisotopic (exact) mass is 475 g/mol. The van der Waals surface area contributed by atoms with Gasteiger partial charge >= 0.3 is 0 Å². The van der Waals surface area contributed by atoms with Crippen LogP contribution in [0.5, 0.6) is 0 Å². The third-order valence-electron chi connectivity index (χ3n) is 5.34. The van der Waals surface area contributed by atoms with Crippen molar-refractivity contribution in [3.05, 3.63) is 52.4 Å². The second-order valence-corrected chi connectivity index (χ2v) is 8.82. The summed E-state index contributed by atoms with van der Waals surface area (Å²) < 4.78 is 5.75. The summed E-state index contributed by atoms with van der Waals surface area (Å²) in [4.78, 5) is 26.8. The Hall–Kier alpha value is -2.12. The summed E-state index contributed by atoms with van der Waals surface area (Å²) in [5, 5.41) is 5.78. The number of hydrogen-bond acceptors (Lipinski definition) is 4. The molecular formula is C23H30BrN3O3. The molecule has 0 saturated carbocycles. The third-order valence-corrected chi connectivity index (χ3v) is 5.76. The molecule has 1 unspecified atom stereocenters. The van der Waals surface area contributed by atoms with E-state index < -0.39 is 0 Å². The number of hydrogen-bond donors (Lipinski definition) is 2. The first kappa shape index (κ1) is 22.6. The zero-order valence-electron chi connectivity index (χ0n) is 17.5. The number of amides is 2. The van der Waals surface area contributed by atoms with Crippen LogP contribution in [0.15, 0.2) is 45.5 Å². The first-order chi connectivity index (χ1) is 14.5. The van der Waals surface area contributed by atoms with Crippen molar-refractivity contribution in [2.45, 2.75) is 39.0 Å². The molecule has 1 aromatic heterocycles. The number of nitrogens with one attached hydrogen (secondary N) is 2. The maximum absolute atomic E-state index is 12.2. The quantitative estimate of drug-likeness (QED) is 0.524. The Morgan fingerprint density at radius 2 is 1.97 bits per heavy atom. The Morgan fingerprint density at radius 1 is 1.17 bits per heavy atom. The summed E-state index contributed by atoms with van der Waals surface area (Å²) in [6.45, 7) is 6.59. The van der Waals surface area contributed by atoms with E-state index in [2.05, 4.69) is 38.4 Å². The Balaban J connectivity index is 1.32. The van der Waals surface area contributed by atoms with Crippen LogP contribution in [0.1, 0.15) is 48.7 Å². The maximum Gasteiger partial charge on any atom is 0.291 e. The maximum atomic E-state index is 12.2. The van der Waals surface area contributed by atoms with Gasteiger partial charge in [0.2, 0.25) is 5.91 Å². The molecule has 0 spiro atoms. The summed E-state index contributed by atoms with van der Waals surface area (Å²) in [7, 11) is 0. The van der Waals surface area contributed by atoms with Gasteiger partial charge in [-0.1, -0.05) is 19.1 Å². The number of carbonyl (C=O) groups is 2. The number of rotatable bonds is 9. The highest BCUT2D eigenvalue weighted by Gasteiger charge is 2.15. The van der Waals surface area contributed by atoms with Gasteiger partial charge in [-0.2, -0.15) is 0 Å². The topological polar surface area (TPSA) is 74.6 Å². The fraction of sp³-hybridized carbons (Fsp3) is 0.478. The van der Waals surface area contributed by atoms with Crippen molar-refractivity contribution in [1.29, 1.82) is 0 Å². The van der Waals surface area contributed by atoms with Gasteiger partial charge in [-0.15, -0.1) is 0 Å². The van der Waals surface area contributed by atoms with Crippen molar-refractivity contribution in [3.63, 3.8) is 0 Å². The van der Waals surface area contributed by atoms with Crippen LogP contribution in [0.3, 0.4) is 0 Å². The molecule has 2 aromatic rings. The minimum atomic E-state index is -0.315. The van der Waals surface area contributed by atoms with Gasteiger partial charge in [0, 0.05) is 18.8 Å². The Bertz CT molecular complexity index is 834. The Kier molecular flexibility index (Phi) is 8.51. The van der Waals surface area contributed by atoms with Gasteiger partial charge in [-0.25, -0.2) is 0 Å². The van der Waals surface area contributed by atoms with Gasteiger partial charge < -0.3 is 20.0 Å². The minimum Gasteiger partial charge on any atom is -0.444 e. The number of unbranched alkanes of at least 4 members (excludes halogenated alkanes) is 1. The molecule has 2 heterocycles. The van der Waals surface area contributed by atoms with Crippen molar-refractivity contribution in [1.82, 2.24) is 10.2 Å². The van der Waals surface area contributed by atoms with E-state index in [1.54, 1.807) is 24.3 Å². The molecule has 1 aromatic carbocycles. The van der Waals surface area contributed by atoms with E-state index in [4.69, 9.17) is 4.42 Å². The van der Waals surface area contributed by atoms with Crippen LogP contribution in [-0.4, -0.2) is 42.9 Å². The zero-order chi connectivity index (χ0) is 21.3. The molecule has 0 aliphatic carbocycles. The van der Waals surface area contributed by atoms with E-state index >= 15 is 0 Å². The van der Waals surface area contributed by atoms with E-state index in [0.29, 0.717) is 16.8 Å². The lowest BCUT2D eigenvalue weighted by Gasteiger charge is -2.30. The molecule has 0 radical (unpaired) electrons. The van der Waals surface area contributed by atoms with E-state index in [9.17, 15) is 9.59 Å². The highest BCUT2D eigenvalue weighted by molar-refractivity contribution is 9.10. The zero-order valence-corrected chi connectivity index (χ0v) is 19.0. The van der Waals surface area contributed by atoms with Crippen LogP contribution in [0.2, 0.25) is 0 Å². The summed E-state index contributed by atoms with van der Waals surface area (Å²) in [6, 6.07) is 10.6. The van der Waals surface area contributed by atoms with E-state index in [1.165, 1.54) is 25.9 Å². The lowest BCUT2D eigenvalue weighted by molar-refractivity contribution is -0.120. The SMILES string of the molecule is CC1CCCN(CCCCNC(=O)Cc2ccc(NC(=O)c3ccc(Br)o3)cc2)C1. The first-order valence-electron chi connectivity index (χ1n) is 10.6. The van der Waals surface area contributed by atoms with E-state index in [-0.39, 0.29) is 17.6 Å². The van der Waals surface area contributed by atoms with Gasteiger partial charge in [0.05, 0.1) is 6.42 Å². The minimum absolute atomic E-state index is 0.0267. The van der Waals surface area contributed by atoms with Crippen LogP contribution in [0.4, 0.5) is 5.69 Å². The number of nitrogens with zero attached hydrogens (tertiary/aromatic N) is 1. The number of carbonyl (C=O) groups excluding carboxylic acids is 2. The fourth-order valence-electron chi connectivity index (χ4n) is 3.76. The molecule has 3 rings (SSSR count). The van der Waals surface area contributed by atoms with Crippen LogP contribution < -0.4 is 10.6 Å². The van der Waals surface area contributed by atoms with Crippen molar-refractivity contribution in [3.8, 4) is 0 Å². The second kappa shape index (κ2) is 11.3. The summed E-state index contributed by atoms with van der Waals surface area (Å²) in [6.07, 6.45) is 5.12. The van der Waals surface area contributed by atoms with Crippen molar-refractivity contribution in [2.75, 3.05) is 31.5 Å². The predicted molar refractivity (Wildman–Crippen MR) is 122 cm³/mol. The number of anilines is 1. The van der Waals surface area contributed by atoms with Crippen LogP contribution in [0, 0.1) is 5.92 Å². The van der Waals surface area contributed by atoms with Crippen molar-refractivity contribution in [2.24, 2.45) is 5.92 Å². The number of halogens is 1. The summed E-state index contributed by atoms with van der Waals surface area (Å²) in [5.74, 6) is 0.759. The number of benzene rings is 1.